The van der Waals surface area contributed by atoms with Crippen molar-refractivity contribution >= 4 is 11.6 Å². The van der Waals surface area contributed by atoms with Crippen molar-refractivity contribution in [2.45, 2.75) is 32.4 Å². The van der Waals surface area contributed by atoms with Crippen molar-refractivity contribution in [1.29, 1.82) is 0 Å². The maximum Gasteiger partial charge on any atom is 0.130 e. The van der Waals surface area contributed by atoms with Gasteiger partial charge in [-0.25, -0.2) is 4.39 Å². The van der Waals surface area contributed by atoms with E-state index in [2.05, 4.69) is 0 Å². The minimum Gasteiger partial charge on any atom is -0.375 e. The molecule has 2 nitrogen and oxygen atoms in total. The van der Waals surface area contributed by atoms with E-state index in [9.17, 15) is 4.39 Å². The van der Waals surface area contributed by atoms with Crippen molar-refractivity contribution in [2.75, 3.05) is 6.61 Å². The summed E-state index contributed by atoms with van der Waals surface area (Å²) in [6, 6.07) is 4.55. The molecule has 0 saturated carbocycles. The Morgan fingerprint density at radius 3 is 2.75 bits per heavy atom. The summed E-state index contributed by atoms with van der Waals surface area (Å²) in [7, 11) is 0. The van der Waals surface area contributed by atoms with E-state index in [0.717, 1.165) is 6.42 Å². The third-order valence-electron chi connectivity index (χ3n) is 2.51. The molecule has 0 spiro atoms. The van der Waals surface area contributed by atoms with Gasteiger partial charge in [-0.2, -0.15) is 0 Å². The van der Waals surface area contributed by atoms with Crippen molar-refractivity contribution in [1.82, 2.24) is 0 Å². The SMILES string of the molecule is CCC(C)(N)COCc1ccc(Cl)cc1F. The molecule has 0 fully saturated rings. The molecule has 0 saturated heterocycles. The van der Waals surface area contributed by atoms with Gasteiger partial charge in [0.1, 0.15) is 5.82 Å². The lowest BCUT2D eigenvalue weighted by atomic mass is 10.0. The lowest BCUT2D eigenvalue weighted by molar-refractivity contribution is 0.0760. The molecule has 0 aliphatic carbocycles. The Hall–Kier alpha value is -0.640. The van der Waals surface area contributed by atoms with Crippen molar-refractivity contribution in [3.05, 3.63) is 34.6 Å². The van der Waals surface area contributed by atoms with Crippen LogP contribution in [0, 0.1) is 5.82 Å². The van der Waals surface area contributed by atoms with Gasteiger partial charge in [0.05, 0.1) is 13.2 Å². The molecular formula is C12H17ClFNO. The zero-order valence-corrected chi connectivity index (χ0v) is 10.4. The molecule has 0 bridgehead atoms. The summed E-state index contributed by atoms with van der Waals surface area (Å²) in [5.74, 6) is -0.345. The molecule has 1 aromatic carbocycles. The first-order valence-electron chi connectivity index (χ1n) is 5.25. The molecule has 16 heavy (non-hydrogen) atoms. The van der Waals surface area contributed by atoms with E-state index in [1.165, 1.54) is 6.07 Å². The van der Waals surface area contributed by atoms with Crippen LogP contribution in [0.1, 0.15) is 25.8 Å². The molecule has 1 unspecified atom stereocenters. The second kappa shape index (κ2) is 5.62. The van der Waals surface area contributed by atoms with Crippen LogP contribution in [0.2, 0.25) is 5.02 Å². The highest BCUT2D eigenvalue weighted by Gasteiger charge is 2.15. The van der Waals surface area contributed by atoms with Crippen LogP contribution in [0.15, 0.2) is 18.2 Å². The van der Waals surface area contributed by atoms with Crippen LogP contribution in [0.4, 0.5) is 4.39 Å². The number of rotatable bonds is 5. The Bertz CT molecular complexity index is 355. The van der Waals surface area contributed by atoms with Gasteiger partial charge in [-0.05, 0) is 25.5 Å². The minimum absolute atomic E-state index is 0.218. The van der Waals surface area contributed by atoms with Crippen molar-refractivity contribution in [3.63, 3.8) is 0 Å². The van der Waals surface area contributed by atoms with Crippen LogP contribution in [0.25, 0.3) is 0 Å². The summed E-state index contributed by atoms with van der Waals surface area (Å²) in [6.07, 6.45) is 0.816. The predicted molar refractivity (Wildman–Crippen MR) is 63.9 cm³/mol. The first-order valence-corrected chi connectivity index (χ1v) is 5.63. The topological polar surface area (TPSA) is 35.2 Å². The number of ether oxygens (including phenoxy) is 1. The average Bonchev–Trinajstić information content (AvgIpc) is 2.21. The highest BCUT2D eigenvalue weighted by atomic mass is 35.5. The Morgan fingerprint density at radius 1 is 1.50 bits per heavy atom. The molecule has 0 heterocycles. The summed E-state index contributed by atoms with van der Waals surface area (Å²) < 4.78 is 18.7. The van der Waals surface area contributed by atoms with Crippen LogP contribution >= 0.6 is 11.6 Å². The van der Waals surface area contributed by atoms with Crippen LogP contribution in [0.5, 0.6) is 0 Å². The predicted octanol–water partition coefficient (Wildman–Crippen LogP) is 3.12. The van der Waals surface area contributed by atoms with Gasteiger partial charge in [-0.15, -0.1) is 0 Å². The summed E-state index contributed by atoms with van der Waals surface area (Å²) in [6.45, 7) is 4.53. The van der Waals surface area contributed by atoms with Crippen LogP contribution in [-0.4, -0.2) is 12.1 Å². The third kappa shape index (κ3) is 4.08. The van der Waals surface area contributed by atoms with Gasteiger partial charge in [0, 0.05) is 16.1 Å². The molecule has 1 rings (SSSR count). The third-order valence-corrected chi connectivity index (χ3v) is 2.75. The monoisotopic (exact) mass is 245 g/mol. The number of halogens is 2. The van der Waals surface area contributed by atoms with E-state index in [0.29, 0.717) is 17.2 Å². The summed E-state index contributed by atoms with van der Waals surface area (Å²) in [5, 5.41) is 0.387. The molecule has 0 aliphatic heterocycles. The first-order chi connectivity index (χ1) is 7.44. The van der Waals surface area contributed by atoms with E-state index in [1.807, 2.05) is 13.8 Å². The lowest BCUT2D eigenvalue weighted by Crippen LogP contribution is -2.40. The van der Waals surface area contributed by atoms with E-state index in [4.69, 9.17) is 22.1 Å². The average molecular weight is 246 g/mol. The maximum atomic E-state index is 13.4. The van der Waals surface area contributed by atoms with Crippen LogP contribution in [0.3, 0.4) is 0 Å². The fourth-order valence-electron chi connectivity index (χ4n) is 1.13. The largest absolute Gasteiger partial charge is 0.375 e. The second-order valence-electron chi connectivity index (χ2n) is 4.24. The molecule has 0 radical (unpaired) electrons. The fourth-order valence-corrected chi connectivity index (χ4v) is 1.29. The van der Waals surface area contributed by atoms with E-state index in [-0.39, 0.29) is 18.0 Å². The van der Waals surface area contributed by atoms with Gasteiger partial charge in [-0.1, -0.05) is 24.6 Å². The first kappa shape index (κ1) is 13.4. The molecule has 0 aromatic heterocycles. The number of nitrogens with two attached hydrogens (primary N) is 1. The standard InChI is InChI=1S/C12H17ClFNO/c1-3-12(2,15)8-16-7-9-4-5-10(13)6-11(9)14/h4-6H,3,7-8,15H2,1-2H3. The normalized spacial score (nSPS) is 14.8. The Kier molecular flexibility index (Phi) is 4.71. The summed E-state index contributed by atoms with van der Waals surface area (Å²) in [4.78, 5) is 0. The minimum atomic E-state index is -0.358. The summed E-state index contributed by atoms with van der Waals surface area (Å²) in [5.41, 5.74) is 6.04. The molecule has 90 valence electrons. The molecule has 0 aliphatic rings. The highest BCUT2D eigenvalue weighted by molar-refractivity contribution is 6.30. The molecule has 1 aromatic rings. The smallest absolute Gasteiger partial charge is 0.130 e. The van der Waals surface area contributed by atoms with Gasteiger partial charge in [0.25, 0.3) is 0 Å². The van der Waals surface area contributed by atoms with Crippen molar-refractivity contribution < 1.29 is 9.13 Å². The van der Waals surface area contributed by atoms with Crippen molar-refractivity contribution in [2.24, 2.45) is 5.73 Å². The lowest BCUT2D eigenvalue weighted by Gasteiger charge is -2.22. The van der Waals surface area contributed by atoms with E-state index < -0.39 is 0 Å². The van der Waals surface area contributed by atoms with Gasteiger partial charge in [-0.3, -0.25) is 0 Å². The zero-order valence-electron chi connectivity index (χ0n) is 9.59. The Morgan fingerprint density at radius 2 is 2.19 bits per heavy atom. The zero-order chi connectivity index (χ0) is 12.2. The Labute approximate surface area is 101 Å². The van der Waals surface area contributed by atoms with Gasteiger partial charge in [0.15, 0.2) is 0 Å². The molecular weight excluding hydrogens is 229 g/mol. The van der Waals surface area contributed by atoms with Crippen molar-refractivity contribution in [3.8, 4) is 0 Å². The van der Waals surface area contributed by atoms with Gasteiger partial charge in [0.2, 0.25) is 0 Å². The molecule has 0 amide bonds. The maximum absolute atomic E-state index is 13.4. The van der Waals surface area contributed by atoms with Crippen LogP contribution < -0.4 is 5.73 Å². The van der Waals surface area contributed by atoms with Gasteiger partial charge >= 0.3 is 0 Å². The summed E-state index contributed by atoms with van der Waals surface area (Å²) >= 11 is 5.65. The fraction of sp³-hybridized carbons (Fsp3) is 0.500. The quantitative estimate of drug-likeness (QED) is 0.865. The molecule has 2 N–H and O–H groups in total. The number of benzene rings is 1. The number of hydrogen-bond acceptors (Lipinski definition) is 2. The van der Waals surface area contributed by atoms with E-state index >= 15 is 0 Å². The van der Waals surface area contributed by atoms with Gasteiger partial charge < -0.3 is 10.5 Å². The second-order valence-corrected chi connectivity index (χ2v) is 4.67. The molecule has 1 atom stereocenters. The number of hydrogen-bond donors (Lipinski definition) is 1. The molecule has 4 heteroatoms. The Balaban J connectivity index is 2.49. The highest BCUT2D eigenvalue weighted by Crippen LogP contribution is 2.16. The van der Waals surface area contributed by atoms with Crippen LogP contribution in [-0.2, 0) is 11.3 Å². The van der Waals surface area contributed by atoms with E-state index in [1.54, 1.807) is 12.1 Å².